The minimum Gasteiger partial charge on any atom is -0.258 e. The zero-order valence-corrected chi connectivity index (χ0v) is 10.5. The fourth-order valence-corrected chi connectivity index (χ4v) is 2.74. The molecule has 1 N–H and O–H groups in total. The van der Waals surface area contributed by atoms with E-state index in [1.807, 2.05) is 6.92 Å². The zero-order valence-electron chi connectivity index (χ0n) is 8.84. The fraction of sp³-hybridized carbons (Fsp3) is 0.333. The SMILES string of the molecule is CCSc1cc([P+](=O)O)c([N+](=O)[O-])cc1C. The Morgan fingerprint density at radius 3 is 2.62 bits per heavy atom. The van der Waals surface area contributed by atoms with Gasteiger partial charge in [-0.05, 0) is 22.8 Å². The van der Waals surface area contributed by atoms with Gasteiger partial charge < -0.3 is 0 Å². The van der Waals surface area contributed by atoms with E-state index >= 15 is 0 Å². The molecular formula is C9H11NO4PS+. The maximum absolute atomic E-state index is 11.0. The number of nitro groups is 1. The first-order chi connectivity index (χ1) is 7.47. The van der Waals surface area contributed by atoms with E-state index in [4.69, 9.17) is 4.89 Å². The van der Waals surface area contributed by atoms with E-state index in [1.54, 1.807) is 6.92 Å². The summed E-state index contributed by atoms with van der Waals surface area (Å²) in [6.07, 6.45) is 0. The maximum Gasteiger partial charge on any atom is 0.553 e. The molecule has 1 aromatic carbocycles. The first kappa shape index (κ1) is 13.1. The summed E-state index contributed by atoms with van der Waals surface area (Å²) in [7, 11) is -2.69. The molecule has 0 amide bonds. The van der Waals surface area contributed by atoms with Gasteiger partial charge in [-0.25, -0.2) is 0 Å². The molecule has 0 aromatic heterocycles. The van der Waals surface area contributed by atoms with Gasteiger partial charge >= 0.3 is 19.0 Å². The smallest absolute Gasteiger partial charge is 0.258 e. The second-order valence-electron chi connectivity index (χ2n) is 3.07. The van der Waals surface area contributed by atoms with Gasteiger partial charge in [0.1, 0.15) is 0 Å². The summed E-state index contributed by atoms with van der Waals surface area (Å²) in [6.45, 7) is 3.70. The summed E-state index contributed by atoms with van der Waals surface area (Å²) in [5.74, 6) is 0.806. The third-order valence-electron chi connectivity index (χ3n) is 1.97. The predicted octanol–water partition coefficient (Wildman–Crippen LogP) is 2.38. The van der Waals surface area contributed by atoms with Crippen molar-refractivity contribution in [1.29, 1.82) is 0 Å². The Bertz CT molecular complexity index is 449. The molecule has 0 saturated carbocycles. The molecular weight excluding hydrogens is 249 g/mol. The van der Waals surface area contributed by atoms with Crippen molar-refractivity contribution in [3.8, 4) is 0 Å². The van der Waals surface area contributed by atoms with Crippen LogP contribution in [0.4, 0.5) is 5.69 Å². The molecule has 0 aliphatic rings. The molecule has 1 aromatic rings. The van der Waals surface area contributed by atoms with Gasteiger partial charge in [0, 0.05) is 17.0 Å². The minimum absolute atomic E-state index is 0.110. The number of thioether (sulfide) groups is 1. The number of hydrogen-bond donors (Lipinski definition) is 1. The monoisotopic (exact) mass is 260 g/mol. The summed E-state index contributed by atoms with van der Waals surface area (Å²) in [4.78, 5) is 19.9. The Labute approximate surface area is 97.9 Å². The van der Waals surface area contributed by atoms with Crippen LogP contribution in [0.2, 0.25) is 0 Å². The van der Waals surface area contributed by atoms with Crippen molar-refractivity contribution in [3.05, 3.63) is 27.8 Å². The quantitative estimate of drug-likeness (QED) is 0.389. The number of benzene rings is 1. The van der Waals surface area contributed by atoms with Gasteiger partial charge in [-0.1, -0.05) is 6.92 Å². The molecule has 5 nitrogen and oxygen atoms in total. The van der Waals surface area contributed by atoms with Crippen LogP contribution in [0.15, 0.2) is 17.0 Å². The van der Waals surface area contributed by atoms with Crippen molar-refractivity contribution in [1.82, 2.24) is 0 Å². The highest BCUT2D eigenvalue weighted by Gasteiger charge is 2.31. The summed E-state index contributed by atoms with van der Waals surface area (Å²) >= 11 is 1.49. The standard InChI is InChI=1S/C9H10NO4PS/c1-3-16-9-5-8(15(13)14)7(10(11)12)4-6(9)2/h4-5H,3H2,1-2H3/p+1. The average Bonchev–Trinajstić information content (AvgIpc) is 2.20. The van der Waals surface area contributed by atoms with E-state index in [1.165, 1.54) is 23.9 Å². The largest absolute Gasteiger partial charge is 0.553 e. The molecule has 0 fully saturated rings. The molecule has 0 radical (unpaired) electrons. The lowest BCUT2D eigenvalue weighted by Gasteiger charge is -2.02. The summed E-state index contributed by atoms with van der Waals surface area (Å²) in [5.41, 5.74) is 0.459. The van der Waals surface area contributed by atoms with E-state index in [2.05, 4.69) is 0 Å². The number of hydrogen-bond acceptors (Lipinski definition) is 4. The molecule has 1 atom stereocenters. The Morgan fingerprint density at radius 1 is 1.56 bits per heavy atom. The lowest BCUT2D eigenvalue weighted by Crippen LogP contribution is -2.06. The van der Waals surface area contributed by atoms with Gasteiger partial charge in [0.15, 0.2) is 0 Å². The van der Waals surface area contributed by atoms with E-state index < -0.39 is 13.0 Å². The molecule has 0 aliphatic heterocycles. The van der Waals surface area contributed by atoms with Crippen LogP contribution in [0.3, 0.4) is 0 Å². The van der Waals surface area contributed by atoms with Gasteiger partial charge in [-0.2, -0.15) is 4.89 Å². The first-order valence-corrected chi connectivity index (χ1v) is 6.75. The predicted molar refractivity (Wildman–Crippen MR) is 63.7 cm³/mol. The Kier molecular flexibility index (Phi) is 4.41. The molecule has 0 aliphatic carbocycles. The van der Waals surface area contributed by atoms with Crippen LogP contribution in [0.5, 0.6) is 0 Å². The fourth-order valence-electron chi connectivity index (χ4n) is 1.27. The zero-order chi connectivity index (χ0) is 12.3. The van der Waals surface area contributed by atoms with Crippen LogP contribution in [-0.2, 0) is 4.57 Å². The lowest BCUT2D eigenvalue weighted by molar-refractivity contribution is -0.383. The van der Waals surface area contributed by atoms with Crippen molar-refractivity contribution in [2.24, 2.45) is 0 Å². The van der Waals surface area contributed by atoms with E-state index in [9.17, 15) is 14.7 Å². The molecule has 7 heteroatoms. The highest BCUT2D eigenvalue weighted by molar-refractivity contribution is 7.99. The maximum atomic E-state index is 11.0. The summed E-state index contributed by atoms with van der Waals surface area (Å²) < 4.78 is 11.0. The molecule has 86 valence electrons. The Hall–Kier alpha value is -0.970. The molecule has 0 saturated heterocycles. The summed E-state index contributed by atoms with van der Waals surface area (Å²) in [5, 5.41) is 10.6. The number of aryl methyl sites for hydroxylation is 1. The lowest BCUT2D eigenvalue weighted by atomic mass is 10.2. The second-order valence-corrected chi connectivity index (χ2v) is 5.40. The van der Waals surface area contributed by atoms with Crippen LogP contribution < -0.4 is 5.30 Å². The molecule has 0 spiro atoms. The number of nitrogens with zero attached hydrogens (tertiary/aromatic N) is 1. The van der Waals surface area contributed by atoms with Crippen LogP contribution in [-0.4, -0.2) is 15.6 Å². The molecule has 1 unspecified atom stereocenters. The molecule has 0 heterocycles. The Balaban J connectivity index is 3.37. The third kappa shape index (κ3) is 2.78. The molecule has 0 bridgehead atoms. The van der Waals surface area contributed by atoms with Gasteiger partial charge in [0.2, 0.25) is 0 Å². The highest BCUT2D eigenvalue weighted by Crippen LogP contribution is 2.29. The van der Waals surface area contributed by atoms with E-state index in [-0.39, 0.29) is 11.0 Å². The van der Waals surface area contributed by atoms with Crippen molar-refractivity contribution in [2.75, 3.05) is 5.75 Å². The molecule has 1 rings (SSSR count). The first-order valence-electron chi connectivity index (χ1n) is 4.55. The van der Waals surface area contributed by atoms with Crippen LogP contribution in [0.25, 0.3) is 0 Å². The van der Waals surface area contributed by atoms with E-state index in [0.717, 1.165) is 16.2 Å². The Morgan fingerprint density at radius 2 is 2.19 bits per heavy atom. The minimum atomic E-state index is -2.69. The van der Waals surface area contributed by atoms with Crippen LogP contribution >= 0.6 is 19.8 Å². The highest BCUT2D eigenvalue weighted by atomic mass is 32.2. The van der Waals surface area contributed by atoms with Gasteiger partial charge in [-0.3, -0.25) is 10.1 Å². The van der Waals surface area contributed by atoms with Crippen LogP contribution in [0, 0.1) is 17.0 Å². The van der Waals surface area contributed by atoms with Gasteiger partial charge in [0.25, 0.3) is 0 Å². The van der Waals surface area contributed by atoms with Gasteiger partial charge in [0.05, 0.1) is 4.92 Å². The number of nitro benzene ring substituents is 1. The topological polar surface area (TPSA) is 80.4 Å². The van der Waals surface area contributed by atoms with Crippen LogP contribution in [0.1, 0.15) is 12.5 Å². The third-order valence-corrected chi connectivity index (χ3v) is 3.78. The van der Waals surface area contributed by atoms with Crippen molar-refractivity contribution < 1.29 is 14.4 Å². The van der Waals surface area contributed by atoms with Gasteiger partial charge in [-0.15, -0.1) is 11.8 Å². The van der Waals surface area contributed by atoms with Crippen molar-refractivity contribution >= 4 is 30.8 Å². The number of rotatable bonds is 4. The molecule has 16 heavy (non-hydrogen) atoms. The normalized spacial score (nSPS) is 11.3. The van der Waals surface area contributed by atoms with Crippen molar-refractivity contribution in [2.45, 2.75) is 18.7 Å². The average molecular weight is 260 g/mol. The van der Waals surface area contributed by atoms with E-state index in [0.29, 0.717) is 0 Å². The van der Waals surface area contributed by atoms with Crippen molar-refractivity contribution in [3.63, 3.8) is 0 Å². The second kappa shape index (κ2) is 5.39. The summed E-state index contributed by atoms with van der Waals surface area (Å²) in [6, 6.07) is 2.77.